The number of carbonyl (C=O) groups is 1. The van der Waals surface area contributed by atoms with Crippen LogP contribution >= 0.6 is 0 Å². The van der Waals surface area contributed by atoms with Crippen molar-refractivity contribution in [2.45, 2.75) is 12.5 Å². The molecule has 0 bridgehead atoms. The van der Waals surface area contributed by atoms with Gasteiger partial charge in [-0.15, -0.1) is 0 Å². The molecular weight excluding hydrogens is 264 g/mol. The van der Waals surface area contributed by atoms with Gasteiger partial charge < -0.3 is 20.1 Å². The molecule has 106 valence electrons. The highest BCUT2D eigenvalue weighted by atomic mass is 16.5. The summed E-state index contributed by atoms with van der Waals surface area (Å²) in [7, 11) is 1.54. The summed E-state index contributed by atoms with van der Waals surface area (Å²) in [6, 6.07) is 5.68. The second kappa shape index (κ2) is 5.62. The smallest absolute Gasteiger partial charge is 0.320 e. The Kier molecular flexibility index (Phi) is 3.90. The normalized spacial score (nSPS) is 12.1. The van der Waals surface area contributed by atoms with Crippen LogP contribution in [0.2, 0.25) is 0 Å². The predicted octanol–water partition coefficient (Wildman–Crippen LogP) is 0.598. The lowest BCUT2D eigenvalue weighted by Crippen LogP contribution is -2.33. The Labute approximate surface area is 113 Å². The number of aliphatic carboxylic acids is 1. The summed E-state index contributed by atoms with van der Waals surface area (Å²) in [4.78, 5) is 22.5. The largest absolute Gasteiger partial charge is 0.497 e. The molecule has 2 aromatic rings. The second-order valence-electron chi connectivity index (χ2n) is 4.22. The standard InChI is InChI=1S/C13H14N2O5/c1-19-8-4-2-7(3-5-8)11-9(12(16)15-20-11)6-10(14)13(17)18/h2-5,10H,6,14H2,1H3,(H,15,16)(H,17,18). The van der Waals surface area contributed by atoms with E-state index in [9.17, 15) is 9.59 Å². The van der Waals surface area contributed by atoms with E-state index in [2.05, 4.69) is 5.16 Å². The third-order valence-corrected chi connectivity index (χ3v) is 2.89. The van der Waals surface area contributed by atoms with Gasteiger partial charge in [0.15, 0.2) is 5.76 Å². The van der Waals surface area contributed by atoms with Crippen molar-refractivity contribution < 1.29 is 19.2 Å². The summed E-state index contributed by atoms with van der Waals surface area (Å²) < 4.78 is 10.1. The molecule has 1 aromatic heterocycles. The quantitative estimate of drug-likeness (QED) is 0.736. The predicted molar refractivity (Wildman–Crippen MR) is 70.6 cm³/mol. The molecule has 0 aliphatic rings. The number of H-pyrrole nitrogens is 1. The van der Waals surface area contributed by atoms with Gasteiger partial charge in [-0.1, -0.05) is 0 Å². The Hall–Kier alpha value is -2.54. The lowest BCUT2D eigenvalue weighted by atomic mass is 10.0. The maximum Gasteiger partial charge on any atom is 0.320 e. The van der Waals surface area contributed by atoms with Crippen molar-refractivity contribution in [2.75, 3.05) is 7.11 Å². The summed E-state index contributed by atoms with van der Waals surface area (Å²) in [5.74, 6) is -0.226. The number of methoxy groups -OCH3 is 1. The molecule has 0 amide bonds. The maximum atomic E-state index is 11.7. The Balaban J connectivity index is 2.37. The number of benzene rings is 1. The van der Waals surface area contributed by atoms with Crippen LogP contribution in [0.4, 0.5) is 0 Å². The average molecular weight is 278 g/mol. The van der Waals surface area contributed by atoms with Crippen LogP contribution in [0.25, 0.3) is 11.3 Å². The molecule has 1 heterocycles. The van der Waals surface area contributed by atoms with Crippen molar-refractivity contribution >= 4 is 5.97 Å². The zero-order chi connectivity index (χ0) is 14.7. The first-order valence-electron chi connectivity index (χ1n) is 5.86. The average Bonchev–Trinajstić information content (AvgIpc) is 2.80. The zero-order valence-electron chi connectivity index (χ0n) is 10.8. The first-order valence-corrected chi connectivity index (χ1v) is 5.86. The molecule has 0 aliphatic heterocycles. The van der Waals surface area contributed by atoms with Gasteiger partial charge in [-0.25, -0.2) is 0 Å². The number of hydrogen-bond acceptors (Lipinski definition) is 5. The first kappa shape index (κ1) is 13.9. The Morgan fingerprint density at radius 2 is 2.10 bits per heavy atom. The van der Waals surface area contributed by atoms with Crippen molar-refractivity contribution in [1.82, 2.24) is 5.16 Å². The van der Waals surface area contributed by atoms with Crippen LogP contribution in [0.15, 0.2) is 33.6 Å². The van der Waals surface area contributed by atoms with E-state index in [1.54, 1.807) is 31.4 Å². The van der Waals surface area contributed by atoms with Crippen LogP contribution < -0.4 is 16.0 Å². The molecule has 1 aromatic carbocycles. The third kappa shape index (κ3) is 2.72. The maximum absolute atomic E-state index is 11.7. The van der Waals surface area contributed by atoms with Gasteiger partial charge >= 0.3 is 5.97 Å². The van der Waals surface area contributed by atoms with Gasteiger partial charge in [-0.3, -0.25) is 9.59 Å². The minimum atomic E-state index is -1.17. The number of rotatable bonds is 5. The summed E-state index contributed by atoms with van der Waals surface area (Å²) in [6.07, 6.45) is -0.109. The van der Waals surface area contributed by atoms with Gasteiger partial charge in [-0.05, 0) is 24.3 Å². The van der Waals surface area contributed by atoms with Crippen molar-refractivity contribution in [3.63, 3.8) is 0 Å². The summed E-state index contributed by atoms with van der Waals surface area (Å²) in [6.45, 7) is 0. The van der Waals surface area contributed by atoms with Gasteiger partial charge in [0.05, 0.1) is 12.7 Å². The van der Waals surface area contributed by atoms with Gasteiger partial charge in [-0.2, -0.15) is 5.16 Å². The Morgan fingerprint density at radius 1 is 1.45 bits per heavy atom. The molecule has 4 N–H and O–H groups in total. The number of aromatic nitrogens is 1. The van der Waals surface area contributed by atoms with E-state index in [0.717, 1.165) is 0 Å². The lowest BCUT2D eigenvalue weighted by molar-refractivity contribution is -0.138. The molecule has 0 spiro atoms. The van der Waals surface area contributed by atoms with E-state index in [-0.39, 0.29) is 17.7 Å². The fourth-order valence-electron chi connectivity index (χ4n) is 1.79. The van der Waals surface area contributed by atoms with E-state index in [1.807, 2.05) is 0 Å². The second-order valence-corrected chi connectivity index (χ2v) is 4.22. The number of hydrogen-bond donors (Lipinski definition) is 3. The van der Waals surface area contributed by atoms with E-state index < -0.39 is 17.6 Å². The Morgan fingerprint density at radius 3 is 2.65 bits per heavy atom. The highest BCUT2D eigenvalue weighted by Crippen LogP contribution is 2.24. The molecule has 20 heavy (non-hydrogen) atoms. The monoisotopic (exact) mass is 278 g/mol. The molecule has 0 radical (unpaired) electrons. The van der Waals surface area contributed by atoms with Gasteiger partial charge in [0.2, 0.25) is 0 Å². The molecule has 1 atom stereocenters. The summed E-state index contributed by atoms with van der Waals surface area (Å²) in [5.41, 5.74) is 5.82. The molecule has 2 rings (SSSR count). The minimum Gasteiger partial charge on any atom is -0.497 e. The topological polar surface area (TPSA) is 119 Å². The summed E-state index contributed by atoms with van der Waals surface area (Å²) in [5, 5.41) is 11.0. The number of nitrogens with one attached hydrogen (secondary N) is 1. The van der Waals surface area contributed by atoms with Crippen molar-refractivity contribution in [1.29, 1.82) is 0 Å². The van der Waals surface area contributed by atoms with Crippen LogP contribution in [0.5, 0.6) is 5.75 Å². The van der Waals surface area contributed by atoms with Crippen molar-refractivity contribution in [2.24, 2.45) is 5.73 Å². The number of aromatic amines is 1. The van der Waals surface area contributed by atoms with Gasteiger partial charge in [0.25, 0.3) is 5.56 Å². The number of nitrogens with two attached hydrogens (primary N) is 1. The SMILES string of the molecule is COc1ccc(-c2o[nH]c(=O)c2CC(N)C(=O)O)cc1. The molecule has 7 nitrogen and oxygen atoms in total. The molecule has 7 heteroatoms. The number of carboxylic acid groups (broad SMARTS) is 1. The number of ether oxygens (including phenoxy) is 1. The summed E-state index contributed by atoms with van der Waals surface area (Å²) >= 11 is 0. The van der Waals surface area contributed by atoms with E-state index in [0.29, 0.717) is 11.3 Å². The van der Waals surface area contributed by atoms with Crippen molar-refractivity contribution in [3.8, 4) is 17.1 Å². The minimum absolute atomic E-state index is 0.109. The molecule has 0 fully saturated rings. The molecule has 0 aliphatic carbocycles. The van der Waals surface area contributed by atoms with Crippen LogP contribution in [-0.2, 0) is 11.2 Å². The van der Waals surface area contributed by atoms with E-state index in [1.165, 1.54) is 0 Å². The highest BCUT2D eigenvalue weighted by Gasteiger charge is 2.21. The van der Waals surface area contributed by atoms with E-state index in [4.69, 9.17) is 20.1 Å². The zero-order valence-corrected chi connectivity index (χ0v) is 10.8. The fourth-order valence-corrected chi connectivity index (χ4v) is 1.79. The highest BCUT2D eigenvalue weighted by molar-refractivity contribution is 5.74. The van der Waals surface area contributed by atoms with Crippen LogP contribution in [0, 0.1) is 0 Å². The molecular formula is C13H14N2O5. The van der Waals surface area contributed by atoms with Crippen LogP contribution in [0.1, 0.15) is 5.56 Å². The lowest BCUT2D eigenvalue weighted by Gasteiger charge is -2.05. The van der Waals surface area contributed by atoms with Gasteiger partial charge in [0, 0.05) is 12.0 Å². The molecule has 0 saturated carbocycles. The Bertz CT molecular complexity index is 656. The molecule has 1 unspecified atom stereocenters. The van der Waals surface area contributed by atoms with Gasteiger partial charge in [0.1, 0.15) is 11.8 Å². The first-order chi connectivity index (χ1) is 9.52. The molecule has 0 saturated heterocycles. The van der Waals surface area contributed by atoms with Crippen molar-refractivity contribution in [3.05, 3.63) is 40.2 Å². The third-order valence-electron chi connectivity index (χ3n) is 2.89. The van der Waals surface area contributed by atoms with E-state index >= 15 is 0 Å². The fraction of sp³-hybridized carbons (Fsp3) is 0.231. The van der Waals surface area contributed by atoms with Crippen LogP contribution in [-0.4, -0.2) is 29.4 Å². The number of carboxylic acids is 1. The van der Waals surface area contributed by atoms with Crippen LogP contribution in [0.3, 0.4) is 0 Å².